The molecule has 0 saturated heterocycles. The summed E-state index contributed by atoms with van der Waals surface area (Å²) in [5, 5.41) is 6.33. The maximum atomic E-state index is 14.0. The van der Waals surface area contributed by atoms with Gasteiger partial charge in [0.05, 0.1) is 23.9 Å². The van der Waals surface area contributed by atoms with Gasteiger partial charge in [0.25, 0.3) is 5.91 Å². The summed E-state index contributed by atoms with van der Waals surface area (Å²) in [5.74, 6) is 2.18. The van der Waals surface area contributed by atoms with E-state index in [0.29, 0.717) is 17.9 Å². The molecule has 38 heavy (non-hydrogen) atoms. The molecular formula is C29H31N7OS. The zero-order valence-electron chi connectivity index (χ0n) is 21.7. The van der Waals surface area contributed by atoms with E-state index in [2.05, 4.69) is 51.5 Å². The molecule has 2 aromatic carbocycles. The van der Waals surface area contributed by atoms with Crippen LogP contribution in [-0.2, 0) is 6.54 Å². The van der Waals surface area contributed by atoms with Gasteiger partial charge in [0, 0.05) is 42.5 Å². The zero-order valence-corrected chi connectivity index (χ0v) is 22.6. The Kier molecular flexibility index (Phi) is 6.86. The normalized spacial score (nSPS) is 14.6. The lowest BCUT2D eigenvalue weighted by Crippen LogP contribution is -2.36. The van der Waals surface area contributed by atoms with E-state index >= 15 is 0 Å². The van der Waals surface area contributed by atoms with Crippen molar-refractivity contribution in [3.05, 3.63) is 83.7 Å². The van der Waals surface area contributed by atoms with Gasteiger partial charge < -0.3 is 14.4 Å². The molecule has 0 unspecified atom stereocenters. The summed E-state index contributed by atoms with van der Waals surface area (Å²) < 4.78 is 3.58. The van der Waals surface area contributed by atoms with Crippen LogP contribution in [0, 0.1) is 0 Å². The number of carbonyl (C=O) groups is 1. The lowest BCUT2D eigenvalue weighted by Gasteiger charge is -2.26. The van der Waals surface area contributed by atoms with Crippen molar-refractivity contribution in [1.29, 1.82) is 0 Å². The van der Waals surface area contributed by atoms with E-state index in [0.717, 1.165) is 65.9 Å². The van der Waals surface area contributed by atoms with Crippen molar-refractivity contribution in [3.8, 4) is 0 Å². The highest BCUT2D eigenvalue weighted by Crippen LogP contribution is 2.33. The Balaban J connectivity index is 1.35. The van der Waals surface area contributed by atoms with Crippen LogP contribution >= 0.6 is 11.8 Å². The number of aromatic nitrogens is 3. The summed E-state index contributed by atoms with van der Waals surface area (Å²) in [6, 6.07) is 18.3. The number of thioether (sulfide) groups is 1. The fourth-order valence-corrected chi connectivity index (χ4v) is 6.15. The fraction of sp³-hybridized carbons (Fsp3) is 0.310. The number of carbonyl (C=O) groups excluding carboxylic acids is 1. The van der Waals surface area contributed by atoms with E-state index in [9.17, 15) is 4.79 Å². The van der Waals surface area contributed by atoms with Gasteiger partial charge in [-0.25, -0.2) is 4.99 Å². The smallest absolute Gasteiger partial charge is 0.282 e. The molecule has 0 spiro atoms. The van der Waals surface area contributed by atoms with E-state index in [1.165, 1.54) is 10.2 Å². The van der Waals surface area contributed by atoms with Crippen molar-refractivity contribution in [2.24, 2.45) is 9.98 Å². The minimum absolute atomic E-state index is 0.183. The van der Waals surface area contributed by atoms with E-state index in [4.69, 9.17) is 9.98 Å². The van der Waals surface area contributed by atoms with Gasteiger partial charge in [-0.3, -0.25) is 9.79 Å². The first-order valence-electron chi connectivity index (χ1n) is 13.2. The first kappa shape index (κ1) is 24.6. The number of hydrogen-bond donors (Lipinski definition) is 0. The molecule has 8 nitrogen and oxygen atoms in total. The summed E-state index contributed by atoms with van der Waals surface area (Å²) in [5.41, 5.74) is 3.63. The van der Waals surface area contributed by atoms with Crippen LogP contribution in [-0.4, -0.2) is 79.5 Å². The molecule has 0 N–H and O–H groups in total. The monoisotopic (exact) mass is 525 g/mol. The maximum Gasteiger partial charge on any atom is 0.282 e. The van der Waals surface area contributed by atoms with Crippen molar-refractivity contribution in [3.63, 3.8) is 0 Å². The van der Waals surface area contributed by atoms with E-state index in [1.807, 2.05) is 42.6 Å². The van der Waals surface area contributed by atoms with Crippen LogP contribution in [0.25, 0.3) is 10.9 Å². The van der Waals surface area contributed by atoms with E-state index in [1.54, 1.807) is 18.0 Å². The van der Waals surface area contributed by atoms with Gasteiger partial charge in [0.1, 0.15) is 5.84 Å². The van der Waals surface area contributed by atoms with Crippen molar-refractivity contribution >= 4 is 45.4 Å². The molecule has 0 amide bonds. The first-order chi connectivity index (χ1) is 18.7. The fourth-order valence-electron chi connectivity index (χ4n) is 5.13. The molecular weight excluding hydrogens is 494 g/mol. The van der Waals surface area contributed by atoms with Gasteiger partial charge >= 0.3 is 0 Å². The number of aliphatic imine (C=N–C) groups is 2. The predicted octanol–water partition coefficient (Wildman–Crippen LogP) is 4.71. The predicted molar refractivity (Wildman–Crippen MR) is 155 cm³/mol. The van der Waals surface area contributed by atoms with Crippen LogP contribution in [0.15, 0.2) is 77.0 Å². The van der Waals surface area contributed by atoms with Crippen LogP contribution in [0.5, 0.6) is 0 Å². The summed E-state index contributed by atoms with van der Waals surface area (Å²) in [7, 11) is 0. The van der Waals surface area contributed by atoms with E-state index < -0.39 is 0 Å². The SMILES string of the molecule is CCN(CC)CCSC1=Nc2c(cnn2C(=O)c2cn(Cc3ccccc3)c3ccccc23)C2=NCCN12. The second-order valence-corrected chi connectivity index (χ2v) is 10.5. The van der Waals surface area contributed by atoms with Gasteiger partial charge in [-0.15, -0.1) is 0 Å². The van der Waals surface area contributed by atoms with Gasteiger partial charge in [0.2, 0.25) is 0 Å². The largest absolute Gasteiger partial charge is 0.342 e. The second-order valence-electron chi connectivity index (χ2n) is 9.40. The summed E-state index contributed by atoms with van der Waals surface area (Å²) >= 11 is 1.72. The lowest BCUT2D eigenvalue weighted by molar-refractivity contribution is 0.0949. The van der Waals surface area contributed by atoms with Gasteiger partial charge in [-0.2, -0.15) is 9.78 Å². The summed E-state index contributed by atoms with van der Waals surface area (Å²) in [6.45, 7) is 9.63. The molecule has 0 atom stereocenters. The lowest BCUT2D eigenvalue weighted by atomic mass is 10.1. The number of hydrogen-bond acceptors (Lipinski definition) is 7. The van der Waals surface area contributed by atoms with Gasteiger partial charge in [-0.05, 0) is 24.7 Å². The highest BCUT2D eigenvalue weighted by molar-refractivity contribution is 8.13. The highest BCUT2D eigenvalue weighted by Gasteiger charge is 2.34. The molecule has 0 saturated carbocycles. The third-order valence-corrected chi connectivity index (χ3v) is 8.15. The Hall–Kier alpha value is -3.69. The molecule has 9 heteroatoms. The van der Waals surface area contributed by atoms with Crippen LogP contribution in [0.1, 0.15) is 35.3 Å². The molecule has 4 heterocycles. The van der Waals surface area contributed by atoms with Gasteiger partial charge in [0.15, 0.2) is 11.0 Å². The number of nitrogens with zero attached hydrogens (tertiary/aromatic N) is 7. The number of amidine groups is 2. The van der Waals surface area contributed by atoms with Gasteiger partial charge in [-0.1, -0.05) is 74.1 Å². The maximum absolute atomic E-state index is 14.0. The molecule has 2 aliphatic rings. The highest BCUT2D eigenvalue weighted by atomic mass is 32.2. The van der Waals surface area contributed by atoms with Crippen LogP contribution in [0.4, 0.5) is 5.82 Å². The molecule has 0 bridgehead atoms. The summed E-state index contributed by atoms with van der Waals surface area (Å²) in [6.07, 6.45) is 3.67. The third kappa shape index (κ3) is 4.46. The zero-order chi connectivity index (χ0) is 26.1. The standard InChI is InChI=1S/C29H31N7OS/c1-3-33(4-2)16-17-38-29-32-27-23(26-30-14-15-35(26)29)18-31-36(27)28(37)24-20-34(19-21-10-6-5-7-11-21)25-13-9-8-12-22(24)25/h5-13,18,20H,3-4,14-17,19H2,1-2H3. The number of benzene rings is 2. The molecule has 2 aliphatic heterocycles. The number of rotatable bonds is 8. The summed E-state index contributed by atoms with van der Waals surface area (Å²) in [4.78, 5) is 28.3. The van der Waals surface area contributed by atoms with Crippen molar-refractivity contribution in [2.75, 3.05) is 38.5 Å². The molecule has 0 aliphatic carbocycles. The number of para-hydroxylation sites is 1. The third-order valence-electron chi connectivity index (χ3n) is 7.20. The Labute approximate surface area is 226 Å². The molecule has 4 aromatic rings. The quantitative estimate of drug-likeness (QED) is 0.333. The number of fused-ring (bicyclic) bond motifs is 4. The Morgan fingerprint density at radius 3 is 2.66 bits per heavy atom. The average Bonchev–Trinajstić information content (AvgIpc) is 3.69. The minimum atomic E-state index is -0.183. The van der Waals surface area contributed by atoms with Crippen LogP contribution in [0.3, 0.4) is 0 Å². The molecule has 0 fully saturated rings. The average molecular weight is 526 g/mol. The Morgan fingerprint density at radius 2 is 1.84 bits per heavy atom. The molecule has 0 radical (unpaired) electrons. The van der Waals surface area contributed by atoms with E-state index in [-0.39, 0.29) is 5.91 Å². The molecule has 2 aromatic heterocycles. The Morgan fingerprint density at radius 1 is 1.05 bits per heavy atom. The molecule has 194 valence electrons. The van der Waals surface area contributed by atoms with Crippen molar-refractivity contribution < 1.29 is 4.79 Å². The van der Waals surface area contributed by atoms with Crippen molar-refractivity contribution in [2.45, 2.75) is 20.4 Å². The van der Waals surface area contributed by atoms with Crippen molar-refractivity contribution in [1.82, 2.24) is 24.1 Å². The van der Waals surface area contributed by atoms with Crippen LogP contribution in [0.2, 0.25) is 0 Å². The Bertz CT molecular complexity index is 1530. The molecule has 6 rings (SSSR count). The topological polar surface area (TPSA) is 71.0 Å². The van der Waals surface area contributed by atoms with Crippen LogP contribution < -0.4 is 0 Å². The second kappa shape index (κ2) is 10.6. The minimum Gasteiger partial charge on any atom is -0.342 e. The first-order valence-corrected chi connectivity index (χ1v) is 14.2.